The van der Waals surface area contributed by atoms with E-state index < -0.39 is 30.6 Å². The Bertz CT molecular complexity index is 689. The Morgan fingerprint density at radius 3 is 2.62 bits per heavy atom. The second kappa shape index (κ2) is 11.3. The molecule has 0 spiro atoms. The number of benzene rings is 1. The van der Waals surface area contributed by atoms with Crippen LogP contribution in [0.1, 0.15) is 19.3 Å². The van der Waals surface area contributed by atoms with Crippen molar-refractivity contribution in [3.8, 4) is 5.75 Å². The number of carbonyl (C=O) groups excluding carboxylic acids is 3. The number of methoxy groups -OCH3 is 1. The molecule has 1 aliphatic rings. The Labute approximate surface area is 167 Å². The molecule has 2 amide bonds. The number of rotatable bonds is 10. The monoisotopic (exact) mass is 414 g/mol. The highest BCUT2D eigenvalue weighted by atomic mass is 19.3. The van der Waals surface area contributed by atoms with Crippen molar-refractivity contribution in [2.45, 2.75) is 38.0 Å². The van der Waals surface area contributed by atoms with Crippen LogP contribution < -0.4 is 10.1 Å². The van der Waals surface area contributed by atoms with E-state index in [1.54, 1.807) is 12.1 Å². The molecule has 1 fully saturated rings. The van der Waals surface area contributed by atoms with Crippen LogP contribution in [0, 0.1) is 0 Å². The van der Waals surface area contributed by atoms with Crippen molar-refractivity contribution in [2.75, 3.05) is 26.8 Å². The minimum absolute atomic E-state index is 0.0898. The van der Waals surface area contributed by atoms with Crippen LogP contribution >= 0.6 is 0 Å². The minimum Gasteiger partial charge on any atom is -0.494 e. The van der Waals surface area contributed by atoms with Crippen molar-refractivity contribution >= 4 is 17.8 Å². The first-order valence-corrected chi connectivity index (χ1v) is 9.16. The van der Waals surface area contributed by atoms with E-state index in [2.05, 4.69) is 14.8 Å². The second-order valence-corrected chi connectivity index (χ2v) is 6.38. The Hall–Kier alpha value is -2.75. The number of halogens is 2. The largest absolute Gasteiger partial charge is 0.494 e. The molecule has 10 heteroatoms. The zero-order valence-electron chi connectivity index (χ0n) is 16.0. The normalized spacial score (nSPS) is 18.6. The summed E-state index contributed by atoms with van der Waals surface area (Å²) < 4.78 is 39.4. The van der Waals surface area contributed by atoms with Gasteiger partial charge in [0.25, 0.3) is 0 Å². The fraction of sp³-hybridized carbons (Fsp3) is 0.526. The fourth-order valence-corrected chi connectivity index (χ4v) is 2.98. The zero-order chi connectivity index (χ0) is 21.2. The van der Waals surface area contributed by atoms with Crippen LogP contribution in [0.4, 0.5) is 8.78 Å². The molecule has 1 aliphatic heterocycles. The maximum Gasteiger partial charge on any atom is 0.345 e. The number of ether oxygens (including phenoxy) is 3. The highest BCUT2D eigenvalue weighted by Crippen LogP contribution is 2.23. The molecular formula is C19H24F2N2O6. The maximum atomic E-state index is 12.4. The van der Waals surface area contributed by atoms with E-state index in [-0.39, 0.29) is 31.8 Å². The molecule has 0 bridgehead atoms. The summed E-state index contributed by atoms with van der Waals surface area (Å²) in [5, 5.41) is 2.46. The van der Waals surface area contributed by atoms with Crippen molar-refractivity contribution in [3.05, 3.63) is 30.3 Å². The first-order chi connectivity index (χ1) is 13.9. The molecule has 0 radical (unpaired) electrons. The van der Waals surface area contributed by atoms with Gasteiger partial charge in [0.05, 0.1) is 26.4 Å². The smallest absolute Gasteiger partial charge is 0.345 e. The van der Waals surface area contributed by atoms with Crippen LogP contribution in [0.15, 0.2) is 30.3 Å². The number of nitrogens with one attached hydrogen (secondary N) is 1. The van der Waals surface area contributed by atoms with Gasteiger partial charge in [-0.15, -0.1) is 0 Å². The van der Waals surface area contributed by atoms with Crippen molar-refractivity contribution in [2.24, 2.45) is 0 Å². The third-order valence-electron chi connectivity index (χ3n) is 4.35. The quantitative estimate of drug-likeness (QED) is 0.459. The van der Waals surface area contributed by atoms with E-state index >= 15 is 0 Å². The lowest BCUT2D eigenvalue weighted by Gasteiger charge is -2.22. The predicted octanol–water partition coefficient (Wildman–Crippen LogP) is 1.34. The molecule has 0 unspecified atom stereocenters. The van der Waals surface area contributed by atoms with Gasteiger partial charge in [-0.3, -0.25) is 9.59 Å². The number of esters is 1. The first-order valence-electron chi connectivity index (χ1n) is 9.16. The van der Waals surface area contributed by atoms with E-state index in [1.165, 1.54) is 0 Å². The van der Waals surface area contributed by atoms with Crippen LogP contribution in [0.3, 0.4) is 0 Å². The third kappa shape index (κ3) is 7.30. The number of likely N-dealkylation sites (tertiary alicyclic amines) is 1. The molecule has 8 nitrogen and oxygen atoms in total. The summed E-state index contributed by atoms with van der Waals surface area (Å²) >= 11 is 0. The van der Waals surface area contributed by atoms with E-state index in [0.717, 1.165) is 12.0 Å². The van der Waals surface area contributed by atoms with E-state index in [1.807, 2.05) is 18.2 Å². The molecule has 0 aromatic heterocycles. The van der Waals surface area contributed by atoms with Crippen molar-refractivity contribution in [1.29, 1.82) is 0 Å². The highest BCUT2D eigenvalue weighted by Gasteiger charge is 2.41. The molecule has 2 rings (SSSR count). The number of hydrogen-bond donors (Lipinski definition) is 1. The predicted molar refractivity (Wildman–Crippen MR) is 97.2 cm³/mol. The Kier molecular flexibility index (Phi) is 8.78. The lowest BCUT2D eigenvalue weighted by Crippen LogP contribution is -2.46. The van der Waals surface area contributed by atoms with Gasteiger partial charge in [0.1, 0.15) is 11.8 Å². The van der Waals surface area contributed by atoms with Gasteiger partial charge in [0.15, 0.2) is 0 Å². The Balaban J connectivity index is 1.74. The SMILES string of the molecule is COC(=O)[C@@H]1C[C@@H](OC(F)F)CN1C(=O)CNC(=O)CCCOc1ccccc1. The van der Waals surface area contributed by atoms with Gasteiger partial charge in [-0.05, 0) is 18.6 Å². The summed E-state index contributed by atoms with van der Waals surface area (Å²) in [6, 6.07) is 8.13. The van der Waals surface area contributed by atoms with Crippen LogP contribution in [0.5, 0.6) is 5.75 Å². The standard InChI is InChI=1S/C19H24F2N2O6/c1-27-18(26)15-10-14(29-19(20)21)12-23(15)17(25)11-22-16(24)8-5-9-28-13-6-3-2-4-7-13/h2-4,6-7,14-15,19H,5,8-12H2,1H3,(H,22,24)/t14-,15+/m1/s1. The van der Waals surface area contributed by atoms with Crippen molar-refractivity contribution < 1.29 is 37.4 Å². The second-order valence-electron chi connectivity index (χ2n) is 6.38. The van der Waals surface area contributed by atoms with Gasteiger partial charge in [0.2, 0.25) is 11.8 Å². The van der Waals surface area contributed by atoms with Crippen LogP contribution in [0.2, 0.25) is 0 Å². The molecule has 0 saturated carbocycles. The summed E-state index contributed by atoms with van der Waals surface area (Å²) in [7, 11) is 1.14. The summed E-state index contributed by atoms with van der Waals surface area (Å²) in [6.45, 7) is -3.20. The number of hydrogen-bond acceptors (Lipinski definition) is 6. The number of nitrogens with zero attached hydrogens (tertiary/aromatic N) is 1. The zero-order valence-corrected chi connectivity index (χ0v) is 16.0. The van der Waals surface area contributed by atoms with Gasteiger partial charge in [0, 0.05) is 19.4 Å². The number of carbonyl (C=O) groups is 3. The number of amides is 2. The van der Waals surface area contributed by atoms with Crippen molar-refractivity contribution in [3.63, 3.8) is 0 Å². The van der Waals surface area contributed by atoms with Gasteiger partial charge >= 0.3 is 12.6 Å². The lowest BCUT2D eigenvalue weighted by molar-refractivity contribution is -0.160. The Morgan fingerprint density at radius 2 is 1.97 bits per heavy atom. The highest BCUT2D eigenvalue weighted by molar-refractivity contribution is 5.89. The lowest BCUT2D eigenvalue weighted by atomic mass is 10.2. The van der Waals surface area contributed by atoms with E-state index in [9.17, 15) is 23.2 Å². The van der Waals surface area contributed by atoms with Crippen LogP contribution in [0.25, 0.3) is 0 Å². The third-order valence-corrected chi connectivity index (χ3v) is 4.35. The van der Waals surface area contributed by atoms with Gasteiger partial charge in [-0.1, -0.05) is 18.2 Å². The first kappa shape index (κ1) is 22.5. The molecule has 0 aliphatic carbocycles. The molecule has 1 saturated heterocycles. The van der Waals surface area contributed by atoms with Gasteiger partial charge < -0.3 is 24.4 Å². The van der Waals surface area contributed by atoms with Gasteiger partial charge in [-0.2, -0.15) is 8.78 Å². The topological polar surface area (TPSA) is 94.2 Å². The molecule has 2 atom stereocenters. The molecule has 1 aromatic rings. The Morgan fingerprint density at radius 1 is 1.24 bits per heavy atom. The minimum atomic E-state index is -3.01. The van der Waals surface area contributed by atoms with E-state index in [4.69, 9.17) is 4.74 Å². The summed E-state index contributed by atoms with van der Waals surface area (Å²) in [6.07, 6.45) is -0.465. The average Bonchev–Trinajstić information content (AvgIpc) is 3.12. The molecule has 29 heavy (non-hydrogen) atoms. The number of para-hydroxylation sites is 1. The molecular weight excluding hydrogens is 390 g/mol. The fourth-order valence-electron chi connectivity index (χ4n) is 2.98. The molecule has 1 heterocycles. The van der Waals surface area contributed by atoms with Gasteiger partial charge in [-0.25, -0.2) is 4.79 Å². The van der Waals surface area contributed by atoms with Crippen LogP contribution in [-0.4, -0.2) is 68.2 Å². The van der Waals surface area contributed by atoms with Crippen molar-refractivity contribution in [1.82, 2.24) is 10.2 Å². The summed E-state index contributed by atoms with van der Waals surface area (Å²) in [4.78, 5) is 37.2. The van der Waals surface area contributed by atoms with E-state index in [0.29, 0.717) is 18.8 Å². The average molecular weight is 414 g/mol. The summed E-state index contributed by atoms with van der Waals surface area (Å²) in [5.74, 6) is -0.950. The summed E-state index contributed by atoms with van der Waals surface area (Å²) in [5.41, 5.74) is 0. The number of alkyl halides is 2. The maximum absolute atomic E-state index is 12.4. The molecule has 160 valence electrons. The molecule has 1 aromatic carbocycles. The van der Waals surface area contributed by atoms with Crippen LogP contribution in [-0.2, 0) is 23.9 Å². The molecule has 1 N–H and O–H groups in total.